The smallest absolute Gasteiger partial charge is 0.268 e. The van der Waals surface area contributed by atoms with E-state index in [-0.39, 0.29) is 11.6 Å². The summed E-state index contributed by atoms with van der Waals surface area (Å²) in [6.45, 7) is 0. The first kappa shape index (κ1) is 12.0. The predicted molar refractivity (Wildman–Crippen MR) is 72.6 cm³/mol. The Kier molecular flexibility index (Phi) is 2.76. The fourth-order valence-electron chi connectivity index (χ4n) is 2.00. The maximum atomic E-state index is 12.3. The minimum atomic E-state index is -0.489. The minimum absolute atomic E-state index is 0.0464. The average molecular weight is 267 g/mol. The Bertz CT molecular complexity index is 809. The molecule has 0 fully saturated rings. The van der Waals surface area contributed by atoms with E-state index in [0.29, 0.717) is 16.6 Å². The summed E-state index contributed by atoms with van der Waals surface area (Å²) in [6.07, 6.45) is 1.38. The summed E-state index contributed by atoms with van der Waals surface area (Å²) in [7, 11) is 0. The van der Waals surface area contributed by atoms with Gasteiger partial charge in [0.15, 0.2) is 0 Å². The quantitative estimate of drug-likeness (QED) is 0.528. The maximum absolute atomic E-state index is 12.3. The van der Waals surface area contributed by atoms with Gasteiger partial charge in [0.25, 0.3) is 11.6 Å². The number of hydrogen-bond donors (Lipinski definition) is 0. The molecule has 1 heterocycles. The molecule has 0 aliphatic rings. The summed E-state index contributed by atoms with van der Waals surface area (Å²) in [4.78, 5) is 26.6. The molecular weight excluding hydrogens is 258 g/mol. The molecule has 0 unspecified atom stereocenters. The molecule has 0 saturated heterocycles. The number of aromatic nitrogens is 2. The number of nitrogens with zero attached hydrogens (tertiary/aromatic N) is 3. The van der Waals surface area contributed by atoms with Crippen molar-refractivity contribution in [1.82, 2.24) is 9.55 Å². The Morgan fingerprint density at radius 2 is 1.90 bits per heavy atom. The average Bonchev–Trinajstić information content (AvgIpc) is 2.90. The molecule has 0 bridgehead atoms. The Hall–Kier alpha value is -3.02. The van der Waals surface area contributed by atoms with Gasteiger partial charge in [0.1, 0.15) is 6.33 Å². The van der Waals surface area contributed by atoms with Gasteiger partial charge in [-0.1, -0.05) is 18.2 Å². The third-order valence-corrected chi connectivity index (χ3v) is 2.98. The Balaban J connectivity index is 2.09. The van der Waals surface area contributed by atoms with Crippen molar-refractivity contribution in [1.29, 1.82) is 0 Å². The van der Waals surface area contributed by atoms with E-state index in [1.165, 1.54) is 29.1 Å². The molecule has 0 amide bonds. The highest BCUT2D eigenvalue weighted by molar-refractivity contribution is 6.01. The lowest BCUT2D eigenvalue weighted by Crippen LogP contribution is -2.10. The number of imidazole rings is 1. The first-order valence-corrected chi connectivity index (χ1v) is 5.88. The van der Waals surface area contributed by atoms with Crippen molar-refractivity contribution < 1.29 is 9.72 Å². The SMILES string of the molecule is O=C(c1ccccc1)n1cnc2cc([N+](=O)[O-])ccc21. The van der Waals surface area contributed by atoms with Crippen molar-refractivity contribution in [2.24, 2.45) is 0 Å². The lowest BCUT2D eigenvalue weighted by molar-refractivity contribution is -0.384. The van der Waals surface area contributed by atoms with Gasteiger partial charge in [-0.15, -0.1) is 0 Å². The molecule has 98 valence electrons. The molecule has 6 heteroatoms. The molecule has 2 aromatic carbocycles. The first-order valence-electron chi connectivity index (χ1n) is 5.88. The fraction of sp³-hybridized carbons (Fsp3) is 0. The molecule has 0 aliphatic heterocycles. The number of carbonyl (C=O) groups is 1. The normalized spacial score (nSPS) is 10.6. The van der Waals surface area contributed by atoms with Crippen LogP contribution >= 0.6 is 0 Å². The van der Waals surface area contributed by atoms with E-state index in [2.05, 4.69) is 4.98 Å². The van der Waals surface area contributed by atoms with Gasteiger partial charge in [-0.2, -0.15) is 0 Å². The second-order valence-corrected chi connectivity index (χ2v) is 4.22. The topological polar surface area (TPSA) is 78.0 Å². The van der Waals surface area contributed by atoms with Crippen LogP contribution < -0.4 is 0 Å². The molecule has 0 aliphatic carbocycles. The molecule has 0 N–H and O–H groups in total. The number of nitro benzene ring substituents is 1. The van der Waals surface area contributed by atoms with Crippen LogP contribution in [0, 0.1) is 10.1 Å². The van der Waals surface area contributed by atoms with Crippen LogP contribution in [0.15, 0.2) is 54.9 Å². The van der Waals surface area contributed by atoms with Crippen molar-refractivity contribution >= 4 is 22.6 Å². The van der Waals surface area contributed by atoms with Crippen molar-refractivity contribution in [2.45, 2.75) is 0 Å². The number of benzene rings is 2. The summed E-state index contributed by atoms with van der Waals surface area (Å²) >= 11 is 0. The summed E-state index contributed by atoms with van der Waals surface area (Å²) in [5.74, 6) is -0.220. The molecule has 20 heavy (non-hydrogen) atoms. The van der Waals surface area contributed by atoms with Gasteiger partial charge in [0, 0.05) is 17.7 Å². The molecule has 0 spiro atoms. The van der Waals surface area contributed by atoms with E-state index < -0.39 is 4.92 Å². The number of hydrogen-bond acceptors (Lipinski definition) is 4. The summed E-state index contributed by atoms with van der Waals surface area (Å²) < 4.78 is 1.38. The van der Waals surface area contributed by atoms with Crippen LogP contribution in [0.1, 0.15) is 10.4 Å². The largest absolute Gasteiger partial charge is 0.271 e. The fourth-order valence-corrected chi connectivity index (χ4v) is 2.00. The number of carbonyl (C=O) groups excluding carboxylic acids is 1. The second-order valence-electron chi connectivity index (χ2n) is 4.22. The van der Waals surface area contributed by atoms with Crippen molar-refractivity contribution in [3.8, 4) is 0 Å². The molecular formula is C14H9N3O3. The lowest BCUT2D eigenvalue weighted by Gasteiger charge is -2.02. The van der Waals surface area contributed by atoms with Gasteiger partial charge in [-0.25, -0.2) is 4.98 Å². The molecule has 3 aromatic rings. The van der Waals surface area contributed by atoms with Gasteiger partial charge in [0.05, 0.1) is 16.0 Å². The van der Waals surface area contributed by atoms with E-state index in [0.717, 1.165) is 0 Å². The van der Waals surface area contributed by atoms with Crippen LogP contribution in [0.4, 0.5) is 5.69 Å². The Morgan fingerprint density at radius 3 is 2.60 bits per heavy atom. The number of non-ortho nitro benzene ring substituents is 1. The third kappa shape index (κ3) is 1.93. The zero-order valence-electron chi connectivity index (χ0n) is 10.3. The van der Waals surface area contributed by atoms with Crippen LogP contribution in [0.3, 0.4) is 0 Å². The third-order valence-electron chi connectivity index (χ3n) is 2.98. The van der Waals surface area contributed by atoms with Gasteiger partial charge in [-0.05, 0) is 18.2 Å². The minimum Gasteiger partial charge on any atom is -0.268 e. The Morgan fingerprint density at radius 1 is 1.15 bits per heavy atom. The van der Waals surface area contributed by atoms with Crippen LogP contribution in [0.25, 0.3) is 11.0 Å². The van der Waals surface area contributed by atoms with E-state index >= 15 is 0 Å². The molecule has 0 atom stereocenters. The van der Waals surface area contributed by atoms with Crippen molar-refractivity contribution in [3.63, 3.8) is 0 Å². The summed E-state index contributed by atoms with van der Waals surface area (Å²) in [5.41, 5.74) is 1.45. The van der Waals surface area contributed by atoms with Crippen LogP contribution in [0.2, 0.25) is 0 Å². The second kappa shape index (κ2) is 4.58. The number of rotatable bonds is 2. The highest BCUT2D eigenvalue weighted by atomic mass is 16.6. The molecule has 0 saturated carbocycles. The van der Waals surface area contributed by atoms with E-state index in [4.69, 9.17) is 0 Å². The van der Waals surface area contributed by atoms with Gasteiger partial charge < -0.3 is 0 Å². The van der Waals surface area contributed by atoms with Crippen molar-refractivity contribution in [2.75, 3.05) is 0 Å². The monoisotopic (exact) mass is 267 g/mol. The van der Waals surface area contributed by atoms with Gasteiger partial charge >= 0.3 is 0 Å². The Labute approximate surface area is 113 Å². The summed E-state index contributed by atoms with van der Waals surface area (Å²) in [5, 5.41) is 10.7. The van der Waals surface area contributed by atoms with Crippen LogP contribution in [-0.4, -0.2) is 20.4 Å². The zero-order valence-corrected chi connectivity index (χ0v) is 10.3. The van der Waals surface area contributed by atoms with Crippen LogP contribution in [0.5, 0.6) is 0 Å². The van der Waals surface area contributed by atoms with Crippen LogP contribution in [-0.2, 0) is 0 Å². The predicted octanol–water partition coefficient (Wildman–Crippen LogP) is 2.63. The van der Waals surface area contributed by atoms with Crippen molar-refractivity contribution in [3.05, 3.63) is 70.5 Å². The first-order chi connectivity index (χ1) is 9.66. The molecule has 1 aromatic heterocycles. The van der Waals surface area contributed by atoms with E-state index in [9.17, 15) is 14.9 Å². The standard InChI is InChI=1S/C14H9N3O3/c18-14(10-4-2-1-3-5-10)16-9-15-12-8-11(17(19)20)6-7-13(12)16/h1-9H. The number of fused-ring (bicyclic) bond motifs is 1. The molecule has 6 nitrogen and oxygen atoms in total. The highest BCUT2D eigenvalue weighted by Crippen LogP contribution is 2.20. The maximum Gasteiger partial charge on any atom is 0.271 e. The van der Waals surface area contributed by atoms with E-state index in [1.54, 1.807) is 24.3 Å². The van der Waals surface area contributed by atoms with E-state index in [1.807, 2.05) is 6.07 Å². The zero-order chi connectivity index (χ0) is 14.1. The summed E-state index contributed by atoms with van der Waals surface area (Å²) in [6, 6.07) is 13.0. The number of nitro groups is 1. The lowest BCUT2D eigenvalue weighted by atomic mass is 10.2. The molecule has 3 rings (SSSR count). The van der Waals surface area contributed by atoms with Gasteiger partial charge in [-0.3, -0.25) is 19.5 Å². The molecule has 0 radical (unpaired) electrons. The highest BCUT2D eigenvalue weighted by Gasteiger charge is 2.14. The van der Waals surface area contributed by atoms with Gasteiger partial charge in [0.2, 0.25) is 0 Å².